The van der Waals surface area contributed by atoms with E-state index >= 15 is 0 Å². The minimum absolute atomic E-state index is 0.220. The molecule has 1 aromatic heterocycles. The Kier molecular flexibility index (Phi) is 6.37. The zero-order valence-electron chi connectivity index (χ0n) is 16.1. The van der Waals surface area contributed by atoms with Crippen LogP contribution in [0.5, 0.6) is 0 Å². The van der Waals surface area contributed by atoms with Crippen molar-refractivity contribution in [1.82, 2.24) is 15.2 Å². The number of nitrogens with zero attached hydrogens (tertiary/aromatic N) is 2. The van der Waals surface area contributed by atoms with Gasteiger partial charge in [0.2, 0.25) is 5.89 Å². The average molecular weight is 448 g/mol. The van der Waals surface area contributed by atoms with E-state index in [1.165, 1.54) is 18.4 Å². The van der Waals surface area contributed by atoms with Crippen LogP contribution < -0.4 is 5.32 Å². The van der Waals surface area contributed by atoms with E-state index in [-0.39, 0.29) is 24.0 Å². The van der Waals surface area contributed by atoms with Crippen LogP contribution in [0.25, 0.3) is 0 Å². The lowest BCUT2D eigenvalue weighted by molar-refractivity contribution is 0.0945. The first-order valence-electron chi connectivity index (χ1n) is 9.63. The summed E-state index contributed by atoms with van der Waals surface area (Å²) >= 11 is 12.1. The molecule has 1 fully saturated rings. The maximum atomic E-state index is 13.0. The van der Waals surface area contributed by atoms with Gasteiger partial charge in [-0.2, -0.15) is 0 Å². The van der Waals surface area contributed by atoms with Gasteiger partial charge in [0.05, 0.1) is 16.6 Å². The molecule has 1 heterocycles. The van der Waals surface area contributed by atoms with Crippen LogP contribution in [0.1, 0.15) is 40.3 Å². The van der Waals surface area contributed by atoms with Crippen molar-refractivity contribution >= 4 is 29.1 Å². The molecule has 0 spiro atoms. The largest absolute Gasteiger partial charge is 0.447 e. The van der Waals surface area contributed by atoms with Crippen LogP contribution in [0.15, 0.2) is 53.1 Å². The van der Waals surface area contributed by atoms with Gasteiger partial charge in [0, 0.05) is 19.1 Å². The summed E-state index contributed by atoms with van der Waals surface area (Å²) in [5.74, 6) is -0.169. The average Bonchev–Trinajstić information content (AvgIpc) is 3.48. The molecule has 1 aliphatic rings. The molecular weight excluding hydrogens is 428 g/mol. The normalized spacial score (nSPS) is 13.6. The molecule has 1 aliphatic carbocycles. The van der Waals surface area contributed by atoms with Gasteiger partial charge >= 0.3 is 0 Å². The highest BCUT2D eigenvalue weighted by atomic mass is 35.5. The SMILES string of the molecule is O=C(NCc1ccc(F)cc1)c1coc(CN(Cc2ccc(Cl)c(Cl)c2)C2CC2)n1. The first-order chi connectivity index (χ1) is 14.5. The molecule has 0 unspecified atom stereocenters. The summed E-state index contributed by atoms with van der Waals surface area (Å²) in [5, 5.41) is 3.82. The van der Waals surface area contributed by atoms with Crippen LogP contribution >= 0.6 is 23.2 Å². The Balaban J connectivity index is 1.36. The molecule has 0 aliphatic heterocycles. The molecule has 1 saturated carbocycles. The summed E-state index contributed by atoms with van der Waals surface area (Å²) < 4.78 is 18.5. The maximum absolute atomic E-state index is 13.0. The minimum Gasteiger partial charge on any atom is -0.447 e. The molecule has 0 atom stereocenters. The van der Waals surface area contributed by atoms with Gasteiger partial charge in [0.1, 0.15) is 12.1 Å². The number of oxazole rings is 1. The van der Waals surface area contributed by atoms with Gasteiger partial charge in [-0.1, -0.05) is 41.4 Å². The standard InChI is InChI=1S/C22H20Cl2FN3O2/c23-18-8-3-15(9-19(18)24)11-28(17-6-7-17)12-21-27-20(13-30-21)22(29)26-10-14-1-4-16(25)5-2-14/h1-5,8-9,13,17H,6-7,10-12H2,(H,26,29). The zero-order valence-corrected chi connectivity index (χ0v) is 17.6. The smallest absolute Gasteiger partial charge is 0.273 e. The van der Waals surface area contributed by atoms with Gasteiger partial charge in [-0.3, -0.25) is 9.69 Å². The van der Waals surface area contributed by atoms with Gasteiger partial charge in [0.15, 0.2) is 5.69 Å². The summed E-state index contributed by atoms with van der Waals surface area (Å²) in [5.41, 5.74) is 2.08. The van der Waals surface area contributed by atoms with Gasteiger partial charge < -0.3 is 9.73 Å². The summed E-state index contributed by atoms with van der Waals surface area (Å²) in [6.07, 6.45) is 3.60. The first-order valence-corrected chi connectivity index (χ1v) is 10.4. The lowest BCUT2D eigenvalue weighted by Crippen LogP contribution is -2.26. The van der Waals surface area contributed by atoms with Crippen molar-refractivity contribution in [3.8, 4) is 0 Å². The number of aromatic nitrogens is 1. The monoisotopic (exact) mass is 447 g/mol. The van der Waals surface area contributed by atoms with E-state index in [4.69, 9.17) is 27.6 Å². The number of rotatable bonds is 8. The number of hydrogen-bond acceptors (Lipinski definition) is 4. The Bertz CT molecular complexity index is 1040. The number of halogens is 3. The fourth-order valence-corrected chi connectivity index (χ4v) is 3.48. The molecule has 3 aromatic rings. The number of carbonyl (C=O) groups excluding carboxylic acids is 1. The maximum Gasteiger partial charge on any atom is 0.273 e. The van der Waals surface area contributed by atoms with Crippen LogP contribution in [-0.4, -0.2) is 21.8 Å². The van der Waals surface area contributed by atoms with Gasteiger partial charge in [-0.25, -0.2) is 9.37 Å². The van der Waals surface area contributed by atoms with E-state index < -0.39 is 0 Å². The third-order valence-corrected chi connectivity index (χ3v) is 5.66. The van der Waals surface area contributed by atoms with E-state index in [1.54, 1.807) is 18.2 Å². The molecule has 2 aromatic carbocycles. The van der Waals surface area contributed by atoms with Crippen molar-refractivity contribution in [2.75, 3.05) is 0 Å². The highest BCUT2D eigenvalue weighted by Gasteiger charge is 2.30. The van der Waals surface area contributed by atoms with Crippen molar-refractivity contribution in [1.29, 1.82) is 0 Å². The van der Waals surface area contributed by atoms with Crippen LogP contribution in [0.3, 0.4) is 0 Å². The summed E-state index contributed by atoms with van der Waals surface area (Å²) in [4.78, 5) is 18.9. The van der Waals surface area contributed by atoms with Crippen molar-refractivity contribution in [2.24, 2.45) is 0 Å². The van der Waals surface area contributed by atoms with Crippen molar-refractivity contribution in [3.63, 3.8) is 0 Å². The lowest BCUT2D eigenvalue weighted by Gasteiger charge is -2.20. The van der Waals surface area contributed by atoms with Crippen molar-refractivity contribution < 1.29 is 13.6 Å². The Labute approximate surface area is 183 Å². The number of amides is 1. The summed E-state index contributed by atoms with van der Waals surface area (Å²) in [6.45, 7) is 1.47. The fourth-order valence-electron chi connectivity index (χ4n) is 3.16. The number of nitrogens with one attached hydrogen (secondary N) is 1. The second-order valence-electron chi connectivity index (χ2n) is 7.32. The number of carbonyl (C=O) groups is 1. The molecule has 4 rings (SSSR count). The first kappa shape index (κ1) is 20.8. The van der Waals surface area contributed by atoms with Crippen molar-refractivity contribution in [2.45, 2.75) is 38.5 Å². The summed E-state index contributed by atoms with van der Waals surface area (Å²) in [6, 6.07) is 12.0. The Morgan fingerprint density at radius 1 is 1.10 bits per heavy atom. The summed E-state index contributed by atoms with van der Waals surface area (Å²) in [7, 11) is 0. The Morgan fingerprint density at radius 3 is 2.53 bits per heavy atom. The molecular formula is C22H20Cl2FN3O2. The van der Waals surface area contributed by atoms with Gasteiger partial charge in [-0.05, 0) is 48.2 Å². The molecule has 0 bridgehead atoms. The van der Waals surface area contributed by atoms with E-state index in [1.807, 2.05) is 12.1 Å². The highest BCUT2D eigenvalue weighted by Crippen LogP contribution is 2.31. The second-order valence-corrected chi connectivity index (χ2v) is 8.13. The predicted octanol–water partition coefficient (Wildman–Crippen LogP) is 5.22. The molecule has 0 radical (unpaired) electrons. The van der Waals surface area contributed by atoms with Crippen LogP contribution in [-0.2, 0) is 19.6 Å². The van der Waals surface area contributed by atoms with Gasteiger partial charge in [-0.15, -0.1) is 0 Å². The molecule has 5 nitrogen and oxygen atoms in total. The second kappa shape index (κ2) is 9.16. The fraction of sp³-hybridized carbons (Fsp3) is 0.273. The topological polar surface area (TPSA) is 58.4 Å². The number of benzene rings is 2. The Hall–Kier alpha value is -2.41. The molecule has 8 heteroatoms. The third-order valence-electron chi connectivity index (χ3n) is 4.92. The van der Waals surface area contributed by atoms with Gasteiger partial charge in [0.25, 0.3) is 5.91 Å². The molecule has 156 valence electrons. The highest BCUT2D eigenvalue weighted by molar-refractivity contribution is 6.42. The van der Waals surface area contributed by atoms with E-state index in [0.717, 1.165) is 24.0 Å². The predicted molar refractivity (Wildman–Crippen MR) is 113 cm³/mol. The third kappa shape index (κ3) is 5.39. The van der Waals surface area contributed by atoms with E-state index in [9.17, 15) is 9.18 Å². The van der Waals surface area contributed by atoms with Crippen LogP contribution in [0.4, 0.5) is 4.39 Å². The molecule has 1 amide bonds. The Morgan fingerprint density at radius 2 is 1.83 bits per heavy atom. The molecule has 0 saturated heterocycles. The van der Waals surface area contributed by atoms with Crippen LogP contribution in [0.2, 0.25) is 10.0 Å². The van der Waals surface area contributed by atoms with Crippen molar-refractivity contribution in [3.05, 3.63) is 87.3 Å². The molecule has 1 N–H and O–H groups in total. The minimum atomic E-state index is -0.336. The van der Waals surface area contributed by atoms with Crippen LogP contribution in [0, 0.1) is 5.82 Å². The van der Waals surface area contributed by atoms with E-state index in [2.05, 4.69) is 15.2 Å². The number of hydrogen-bond donors (Lipinski definition) is 1. The molecule has 30 heavy (non-hydrogen) atoms. The lowest BCUT2D eigenvalue weighted by atomic mass is 10.2. The quantitative estimate of drug-likeness (QED) is 0.514. The zero-order chi connectivity index (χ0) is 21.1. The van der Waals surface area contributed by atoms with E-state index in [0.29, 0.717) is 35.1 Å².